The van der Waals surface area contributed by atoms with Gasteiger partial charge in [-0.2, -0.15) is 0 Å². The van der Waals surface area contributed by atoms with Gasteiger partial charge in [0.2, 0.25) is 5.84 Å². The van der Waals surface area contributed by atoms with Crippen LogP contribution in [0.25, 0.3) is 0 Å². The molecule has 1 saturated heterocycles. The molecule has 108 valence electrons. The Kier molecular flexibility index (Phi) is 5.40. The molecule has 5 nitrogen and oxygen atoms in total. The summed E-state index contributed by atoms with van der Waals surface area (Å²) in [6, 6.07) is 7.61. The van der Waals surface area contributed by atoms with Crippen molar-refractivity contribution in [3.8, 4) is 0 Å². The van der Waals surface area contributed by atoms with Crippen LogP contribution < -0.4 is 5.43 Å². The number of anilines is 1. The van der Waals surface area contributed by atoms with Crippen LogP contribution in [-0.2, 0) is 9.53 Å². The highest BCUT2D eigenvalue weighted by atomic mass is 79.9. The van der Waals surface area contributed by atoms with Crippen molar-refractivity contribution in [3.05, 3.63) is 28.7 Å². The van der Waals surface area contributed by atoms with Crippen molar-refractivity contribution in [2.24, 2.45) is 5.10 Å². The Labute approximate surface area is 127 Å². The monoisotopic (exact) mass is 339 g/mol. The van der Waals surface area contributed by atoms with Gasteiger partial charge in [0.1, 0.15) is 0 Å². The summed E-state index contributed by atoms with van der Waals surface area (Å²) in [4.78, 5) is 13.9. The summed E-state index contributed by atoms with van der Waals surface area (Å²) in [6.07, 6.45) is 2.16. The van der Waals surface area contributed by atoms with Gasteiger partial charge in [-0.1, -0.05) is 15.9 Å². The van der Waals surface area contributed by atoms with Gasteiger partial charge < -0.3 is 9.64 Å². The Bertz CT molecular complexity index is 482. The molecule has 0 saturated carbocycles. The third kappa shape index (κ3) is 3.96. The lowest BCUT2D eigenvalue weighted by Crippen LogP contribution is -2.36. The first-order valence-electron chi connectivity index (χ1n) is 6.72. The molecule has 0 radical (unpaired) electrons. The van der Waals surface area contributed by atoms with E-state index in [1.807, 2.05) is 29.2 Å². The molecule has 0 spiro atoms. The zero-order chi connectivity index (χ0) is 14.4. The molecular formula is C14H18BrN3O2. The molecule has 1 fully saturated rings. The highest BCUT2D eigenvalue weighted by Gasteiger charge is 2.23. The zero-order valence-electron chi connectivity index (χ0n) is 11.4. The predicted octanol–water partition coefficient (Wildman–Crippen LogP) is 2.83. The van der Waals surface area contributed by atoms with Crippen LogP contribution >= 0.6 is 15.9 Å². The van der Waals surface area contributed by atoms with Crippen LogP contribution in [0.3, 0.4) is 0 Å². The van der Waals surface area contributed by atoms with Crippen LogP contribution in [-0.4, -0.2) is 36.4 Å². The SMILES string of the molecule is CCOC(=O)C(=NNc1ccc(Br)cc1)N1CCCC1. The van der Waals surface area contributed by atoms with Crippen LogP contribution in [0.4, 0.5) is 5.69 Å². The van der Waals surface area contributed by atoms with Crippen LogP contribution in [0.15, 0.2) is 33.8 Å². The van der Waals surface area contributed by atoms with Gasteiger partial charge in [-0.3, -0.25) is 5.43 Å². The van der Waals surface area contributed by atoms with E-state index in [1.165, 1.54) is 0 Å². The third-order valence-corrected chi connectivity index (χ3v) is 3.53. The maximum atomic E-state index is 12.0. The maximum absolute atomic E-state index is 12.0. The molecule has 0 unspecified atom stereocenters. The van der Waals surface area contributed by atoms with Gasteiger partial charge in [0.05, 0.1) is 12.3 Å². The van der Waals surface area contributed by atoms with E-state index in [1.54, 1.807) is 6.92 Å². The van der Waals surface area contributed by atoms with Crippen molar-refractivity contribution in [2.75, 3.05) is 25.1 Å². The Morgan fingerprint density at radius 3 is 2.60 bits per heavy atom. The number of carbonyl (C=O) groups is 1. The maximum Gasteiger partial charge on any atom is 0.375 e. The summed E-state index contributed by atoms with van der Waals surface area (Å²) in [5, 5.41) is 4.23. The second kappa shape index (κ2) is 7.28. The first-order chi connectivity index (χ1) is 9.70. The Morgan fingerprint density at radius 1 is 1.35 bits per heavy atom. The van der Waals surface area contributed by atoms with Gasteiger partial charge in [-0.15, -0.1) is 5.10 Å². The van der Waals surface area contributed by atoms with Gasteiger partial charge >= 0.3 is 5.97 Å². The normalized spacial score (nSPS) is 15.3. The number of hydrazone groups is 1. The highest BCUT2D eigenvalue weighted by Crippen LogP contribution is 2.15. The minimum atomic E-state index is -0.376. The molecule has 2 rings (SSSR count). The van der Waals surface area contributed by atoms with E-state index in [2.05, 4.69) is 26.5 Å². The van der Waals surface area contributed by atoms with E-state index < -0.39 is 0 Å². The molecule has 1 aromatic carbocycles. The lowest BCUT2D eigenvalue weighted by atomic mass is 10.3. The molecule has 6 heteroatoms. The molecule has 1 aromatic rings. The molecule has 1 heterocycles. The number of ether oxygens (including phenoxy) is 1. The quantitative estimate of drug-likeness (QED) is 0.398. The van der Waals surface area contributed by atoms with Crippen LogP contribution in [0.2, 0.25) is 0 Å². The number of hydrogen-bond acceptors (Lipinski definition) is 4. The molecule has 20 heavy (non-hydrogen) atoms. The zero-order valence-corrected chi connectivity index (χ0v) is 13.0. The van der Waals surface area contributed by atoms with Crippen LogP contribution in [0.1, 0.15) is 19.8 Å². The number of nitrogens with one attached hydrogen (secondary N) is 1. The summed E-state index contributed by atoms with van der Waals surface area (Å²) >= 11 is 3.38. The molecule has 1 N–H and O–H groups in total. The van der Waals surface area contributed by atoms with Gasteiger partial charge in [0.25, 0.3) is 0 Å². The highest BCUT2D eigenvalue weighted by molar-refractivity contribution is 9.10. The molecule has 0 aromatic heterocycles. The van der Waals surface area contributed by atoms with Crippen molar-refractivity contribution in [3.63, 3.8) is 0 Å². The van der Waals surface area contributed by atoms with E-state index in [9.17, 15) is 4.79 Å². The standard InChI is InChI=1S/C14H18BrN3O2/c1-2-20-14(19)13(18-9-3-4-10-18)17-16-12-7-5-11(15)6-8-12/h5-8,16H,2-4,9-10H2,1H3. The Hall–Kier alpha value is -1.56. The third-order valence-electron chi connectivity index (χ3n) is 3.00. The Morgan fingerprint density at radius 2 is 2.00 bits per heavy atom. The summed E-state index contributed by atoms with van der Waals surface area (Å²) in [7, 11) is 0. The smallest absolute Gasteiger partial charge is 0.375 e. The first kappa shape index (κ1) is 14.8. The van der Waals surface area contributed by atoms with Crippen molar-refractivity contribution in [2.45, 2.75) is 19.8 Å². The number of halogens is 1. The van der Waals surface area contributed by atoms with Crippen LogP contribution in [0.5, 0.6) is 0 Å². The predicted molar refractivity (Wildman–Crippen MR) is 82.6 cm³/mol. The Balaban J connectivity index is 2.10. The number of esters is 1. The molecule has 1 aliphatic heterocycles. The molecular weight excluding hydrogens is 322 g/mol. The number of likely N-dealkylation sites (tertiary alicyclic amines) is 1. The van der Waals surface area contributed by atoms with Gasteiger partial charge in [-0.25, -0.2) is 4.79 Å². The van der Waals surface area contributed by atoms with E-state index in [4.69, 9.17) is 4.74 Å². The molecule has 1 aliphatic rings. The van der Waals surface area contributed by atoms with Crippen molar-refractivity contribution >= 4 is 33.4 Å². The van der Waals surface area contributed by atoms with E-state index in [-0.39, 0.29) is 5.97 Å². The first-order valence-corrected chi connectivity index (χ1v) is 7.51. The van der Waals surface area contributed by atoms with E-state index in [0.29, 0.717) is 12.4 Å². The van der Waals surface area contributed by atoms with E-state index in [0.717, 1.165) is 36.1 Å². The fourth-order valence-electron chi connectivity index (χ4n) is 2.01. The minimum absolute atomic E-state index is 0.351. The molecule has 0 aliphatic carbocycles. The second-order valence-electron chi connectivity index (χ2n) is 4.47. The number of rotatable bonds is 3. The summed E-state index contributed by atoms with van der Waals surface area (Å²) < 4.78 is 6.06. The molecule has 0 atom stereocenters. The fourth-order valence-corrected chi connectivity index (χ4v) is 2.28. The lowest BCUT2D eigenvalue weighted by molar-refractivity contribution is -0.135. The number of carbonyl (C=O) groups excluding carboxylic acids is 1. The topological polar surface area (TPSA) is 53.9 Å². The second-order valence-corrected chi connectivity index (χ2v) is 5.38. The number of nitrogens with zero attached hydrogens (tertiary/aromatic N) is 2. The lowest BCUT2D eigenvalue weighted by Gasteiger charge is -2.18. The molecule has 0 amide bonds. The summed E-state index contributed by atoms with van der Waals surface area (Å²) in [6.45, 7) is 3.84. The average molecular weight is 340 g/mol. The number of hydrogen-bond donors (Lipinski definition) is 1. The summed E-state index contributed by atoms with van der Waals surface area (Å²) in [5.74, 6) is -0.0220. The van der Waals surface area contributed by atoms with E-state index >= 15 is 0 Å². The molecule has 0 bridgehead atoms. The number of benzene rings is 1. The minimum Gasteiger partial charge on any atom is -0.460 e. The summed E-state index contributed by atoms with van der Waals surface area (Å²) in [5.41, 5.74) is 3.74. The van der Waals surface area contributed by atoms with Gasteiger partial charge in [0, 0.05) is 17.6 Å². The number of amidine groups is 1. The van der Waals surface area contributed by atoms with Gasteiger partial charge in [0.15, 0.2) is 0 Å². The van der Waals surface area contributed by atoms with Crippen LogP contribution in [0, 0.1) is 0 Å². The van der Waals surface area contributed by atoms with Crippen molar-refractivity contribution in [1.82, 2.24) is 4.90 Å². The largest absolute Gasteiger partial charge is 0.460 e. The fraction of sp³-hybridized carbons (Fsp3) is 0.429. The van der Waals surface area contributed by atoms with Crippen molar-refractivity contribution in [1.29, 1.82) is 0 Å². The van der Waals surface area contributed by atoms with Crippen molar-refractivity contribution < 1.29 is 9.53 Å². The van der Waals surface area contributed by atoms with Gasteiger partial charge in [-0.05, 0) is 44.0 Å². The average Bonchev–Trinajstić information content (AvgIpc) is 2.95.